The third-order valence-corrected chi connectivity index (χ3v) is 4.46. The standard InChI is InChI=1S/C17H18FN5/c1-22-9-13(8-21-22)7-12-5-6-23(10-12)17-14-3-2-4-15(18)16(14)19-11-20-17/h2-4,8-9,11-12H,5-7,10H2,1H3. The van der Waals surface area contributed by atoms with Gasteiger partial charge in [0.25, 0.3) is 0 Å². The van der Waals surface area contributed by atoms with E-state index in [1.54, 1.807) is 6.07 Å². The van der Waals surface area contributed by atoms with Crippen LogP contribution in [0.4, 0.5) is 10.2 Å². The number of aryl methyl sites for hydroxylation is 1. The van der Waals surface area contributed by atoms with Crippen molar-refractivity contribution in [3.8, 4) is 0 Å². The smallest absolute Gasteiger partial charge is 0.149 e. The fourth-order valence-corrected chi connectivity index (χ4v) is 3.39. The predicted molar refractivity (Wildman–Crippen MR) is 86.7 cm³/mol. The van der Waals surface area contributed by atoms with Gasteiger partial charge in [-0.05, 0) is 36.5 Å². The van der Waals surface area contributed by atoms with Crippen molar-refractivity contribution in [3.05, 3.63) is 48.3 Å². The third-order valence-electron chi connectivity index (χ3n) is 4.46. The Morgan fingerprint density at radius 1 is 1.30 bits per heavy atom. The fraction of sp³-hybridized carbons (Fsp3) is 0.353. The number of rotatable bonds is 3. The number of hydrogen-bond acceptors (Lipinski definition) is 4. The first-order valence-electron chi connectivity index (χ1n) is 7.82. The number of benzene rings is 1. The van der Waals surface area contributed by atoms with Crippen LogP contribution in [-0.4, -0.2) is 32.8 Å². The summed E-state index contributed by atoms with van der Waals surface area (Å²) in [6.07, 6.45) is 7.57. The Balaban J connectivity index is 1.57. The Labute approximate surface area is 133 Å². The molecule has 118 valence electrons. The number of anilines is 1. The minimum atomic E-state index is -0.294. The highest BCUT2D eigenvalue weighted by atomic mass is 19.1. The maximum Gasteiger partial charge on any atom is 0.149 e. The number of halogens is 1. The molecule has 1 atom stereocenters. The molecule has 4 rings (SSSR count). The predicted octanol–water partition coefficient (Wildman–Crippen LogP) is 2.57. The molecule has 0 spiro atoms. The maximum atomic E-state index is 13.9. The lowest BCUT2D eigenvalue weighted by Crippen LogP contribution is -2.21. The molecule has 3 heterocycles. The lowest BCUT2D eigenvalue weighted by Gasteiger charge is -2.19. The molecule has 0 saturated carbocycles. The molecule has 1 aliphatic heterocycles. The van der Waals surface area contributed by atoms with E-state index in [0.29, 0.717) is 11.4 Å². The van der Waals surface area contributed by atoms with E-state index in [2.05, 4.69) is 26.2 Å². The van der Waals surface area contributed by atoms with E-state index in [1.807, 2.05) is 24.0 Å². The van der Waals surface area contributed by atoms with Crippen LogP contribution in [0.25, 0.3) is 10.9 Å². The highest BCUT2D eigenvalue weighted by molar-refractivity contribution is 5.89. The average Bonchev–Trinajstić information content (AvgIpc) is 3.17. The summed E-state index contributed by atoms with van der Waals surface area (Å²) in [5.74, 6) is 1.11. The molecule has 1 unspecified atom stereocenters. The average molecular weight is 311 g/mol. The lowest BCUT2D eigenvalue weighted by molar-refractivity contribution is 0.586. The van der Waals surface area contributed by atoms with E-state index in [1.165, 1.54) is 18.0 Å². The molecule has 23 heavy (non-hydrogen) atoms. The Kier molecular flexibility index (Phi) is 3.44. The SMILES string of the molecule is Cn1cc(CC2CCN(c3ncnc4c(F)cccc34)C2)cn1. The third kappa shape index (κ3) is 2.65. The van der Waals surface area contributed by atoms with E-state index in [9.17, 15) is 4.39 Å². The van der Waals surface area contributed by atoms with Gasteiger partial charge in [-0.2, -0.15) is 5.10 Å². The van der Waals surface area contributed by atoms with E-state index < -0.39 is 0 Å². The summed E-state index contributed by atoms with van der Waals surface area (Å²) in [6, 6.07) is 5.05. The van der Waals surface area contributed by atoms with E-state index in [-0.39, 0.29) is 5.82 Å². The molecule has 6 heteroatoms. The van der Waals surface area contributed by atoms with Crippen molar-refractivity contribution in [1.29, 1.82) is 0 Å². The number of hydrogen-bond donors (Lipinski definition) is 0. The molecule has 1 saturated heterocycles. The van der Waals surface area contributed by atoms with Crippen LogP contribution in [0.5, 0.6) is 0 Å². The van der Waals surface area contributed by atoms with Gasteiger partial charge >= 0.3 is 0 Å². The molecule has 0 amide bonds. The minimum absolute atomic E-state index is 0.294. The van der Waals surface area contributed by atoms with E-state index in [0.717, 1.165) is 37.1 Å². The van der Waals surface area contributed by atoms with Crippen molar-refractivity contribution in [2.45, 2.75) is 12.8 Å². The van der Waals surface area contributed by atoms with Gasteiger partial charge in [-0.25, -0.2) is 14.4 Å². The van der Waals surface area contributed by atoms with Gasteiger partial charge in [0, 0.05) is 31.7 Å². The van der Waals surface area contributed by atoms with Crippen LogP contribution in [0.2, 0.25) is 0 Å². The van der Waals surface area contributed by atoms with Crippen molar-refractivity contribution in [1.82, 2.24) is 19.7 Å². The summed E-state index contributed by atoms with van der Waals surface area (Å²) in [6.45, 7) is 1.87. The second-order valence-electron chi connectivity index (χ2n) is 6.16. The minimum Gasteiger partial charge on any atom is -0.356 e. The van der Waals surface area contributed by atoms with Crippen LogP contribution in [-0.2, 0) is 13.5 Å². The highest BCUT2D eigenvalue weighted by Crippen LogP contribution is 2.30. The largest absolute Gasteiger partial charge is 0.356 e. The normalized spacial score (nSPS) is 18.0. The monoisotopic (exact) mass is 311 g/mol. The number of fused-ring (bicyclic) bond motifs is 1. The summed E-state index contributed by atoms with van der Waals surface area (Å²) in [5.41, 5.74) is 1.66. The molecule has 1 aliphatic rings. The van der Waals surface area contributed by atoms with Crippen LogP contribution in [0.15, 0.2) is 36.9 Å². The molecule has 5 nitrogen and oxygen atoms in total. The van der Waals surface area contributed by atoms with Gasteiger partial charge < -0.3 is 4.90 Å². The zero-order valence-corrected chi connectivity index (χ0v) is 13.0. The topological polar surface area (TPSA) is 46.8 Å². The molecule has 0 aliphatic carbocycles. The van der Waals surface area contributed by atoms with Crippen molar-refractivity contribution in [2.24, 2.45) is 13.0 Å². The lowest BCUT2D eigenvalue weighted by atomic mass is 10.0. The van der Waals surface area contributed by atoms with Crippen molar-refractivity contribution < 1.29 is 4.39 Å². The van der Waals surface area contributed by atoms with Gasteiger partial charge in [0.15, 0.2) is 0 Å². The summed E-state index contributed by atoms with van der Waals surface area (Å²) >= 11 is 0. The van der Waals surface area contributed by atoms with Crippen LogP contribution in [0, 0.1) is 11.7 Å². The first kappa shape index (κ1) is 14.1. The summed E-state index contributed by atoms with van der Waals surface area (Å²) in [7, 11) is 1.94. The van der Waals surface area contributed by atoms with Crippen molar-refractivity contribution in [2.75, 3.05) is 18.0 Å². The Morgan fingerprint density at radius 2 is 2.22 bits per heavy atom. The molecule has 1 fully saturated rings. The summed E-state index contributed by atoms with van der Waals surface area (Å²) in [4.78, 5) is 10.7. The molecular formula is C17H18FN5. The first-order chi connectivity index (χ1) is 11.2. The molecule has 0 bridgehead atoms. The molecule has 0 radical (unpaired) electrons. The number of para-hydroxylation sites is 1. The van der Waals surface area contributed by atoms with Crippen LogP contribution >= 0.6 is 0 Å². The highest BCUT2D eigenvalue weighted by Gasteiger charge is 2.25. The Hall–Kier alpha value is -2.50. The number of aromatic nitrogens is 4. The summed E-state index contributed by atoms with van der Waals surface area (Å²) < 4.78 is 15.7. The Morgan fingerprint density at radius 3 is 3.04 bits per heavy atom. The van der Waals surface area contributed by atoms with E-state index >= 15 is 0 Å². The molecular weight excluding hydrogens is 293 g/mol. The second-order valence-corrected chi connectivity index (χ2v) is 6.16. The van der Waals surface area contributed by atoms with Crippen LogP contribution in [0.1, 0.15) is 12.0 Å². The molecule has 1 aromatic carbocycles. The van der Waals surface area contributed by atoms with Gasteiger partial charge in [0.05, 0.1) is 6.20 Å². The van der Waals surface area contributed by atoms with Crippen molar-refractivity contribution >= 4 is 16.7 Å². The number of nitrogens with zero attached hydrogens (tertiary/aromatic N) is 5. The van der Waals surface area contributed by atoms with Crippen LogP contribution < -0.4 is 4.90 Å². The van der Waals surface area contributed by atoms with Gasteiger partial charge in [0.2, 0.25) is 0 Å². The van der Waals surface area contributed by atoms with Gasteiger partial charge in [-0.3, -0.25) is 4.68 Å². The van der Waals surface area contributed by atoms with Gasteiger partial charge in [-0.1, -0.05) is 6.07 Å². The zero-order chi connectivity index (χ0) is 15.8. The first-order valence-corrected chi connectivity index (χ1v) is 7.82. The molecule has 0 N–H and O–H groups in total. The Bertz CT molecular complexity index is 844. The van der Waals surface area contributed by atoms with Gasteiger partial charge in [0.1, 0.15) is 23.5 Å². The molecule has 3 aromatic rings. The van der Waals surface area contributed by atoms with Crippen LogP contribution in [0.3, 0.4) is 0 Å². The maximum absolute atomic E-state index is 13.9. The fourth-order valence-electron chi connectivity index (χ4n) is 3.39. The second kappa shape index (κ2) is 5.61. The summed E-state index contributed by atoms with van der Waals surface area (Å²) in [5, 5.41) is 5.01. The van der Waals surface area contributed by atoms with Crippen molar-refractivity contribution in [3.63, 3.8) is 0 Å². The quantitative estimate of drug-likeness (QED) is 0.746. The van der Waals surface area contributed by atoms with E-state index in [4.69, 9.17) is 0 Å². The zero-order valence-electron chi connectivity index (χ0n) is 13.0. The van der Waals surface area contributed by atoms with Gasteiger partial charge in [-0.15, -0.1) is 0 Å². The molecule has 2 aromatic heterocycles.